The Balaban J connectivity index is 1.82. The summed E-state index contributed by atoms with van der Waals surface area (Å²) in [5.41, 5.74) is 6.78. The van der Waals surface area contributed by atoms with Crippen LogP contribution in [0.15, 0.2) is 24.3 Å². The zero-order valence-corrected chi connectivity index (χ0v) is 12.1. The van der Waals surface area contributed by atoms with Gasteiger partial charge in [0.25, 0.3) is 5.91 Å². The largest absolute Gasteiger partial charge is 0.379 e. The molecule has 0 atom stereocenters. The lowest BCUT2D eigenvalue weighted by atomic mass is 10.1. The monoisotopic (exact) mass is 287 g/mol. The molecule has 1 aliphatic heterocycles. The average molecular weight is 287 g/mol. The SMILES string of the molecule is NCC#Cc1cccc(C(=O)NCCN2CCOCC2)c1. The Labute approximate surface area is 125 Å². The summed E-state index contributed by atoms with van der Waals surface area (Å²) in [5.74, 6) is 5.64. The number of nitrogens with zero attached hydrogens (tertiary/aromatic N) is 1. The van der Waals surface area contributed by atoms with Crippen LogP contribution in [0.4, 0.5) is 0 Å². The summed E-state index contributed by atoms with van der Waals surface area (Å²) in [6.45, 7) is 5.21. The standard InChI is InChI=1S/C16H21N3O2/c17-6-2-4-14-3-1-5-15(13-14)16(20)18-7-8-19-9-11-21-12-10-19/h1,3,5,13H,6-12,17H2,(H,18,20). The van der Waals surface area contributed by atoms with E-state index in [0.717, 1.165) is 38.4 Å². The van der Waals surface area contributed by atoms with Crippen LogP contribution in [0.25, 0.3) is 0 Å². The van der Waals surface area contributed by atoms with Crippen LogP contribution < -0.4 is 11.1 Å². The van der Waals surface area contributed by atoms with E-state index in [1.165, 1.54) is 0 Å². The van der Waals surface area contributed by atoms with Gasteiger partial charge in [-0.1, -0.05) is 17.9 Å². The molecule has 0 saturated carbocycles. The van der Waals surface area contributed by atoms with Crippen molar-refractivity contribution in [3.63, 3.8) is 0 Å². The van der Waals surface area contributed by atoms with Gasteiger partial charge in [0.1, 0.15) is 0 Å². The molecule has 0 bridgehead atoms. The molecule has 1 aromatic carbocycles. The third kappa shape index (κ3) is 5.20. The van der Waals surface area contributed by atoms with Gasteiger partial charge in [-0.25, -0.2) is 0 Å². The molecule has 1 aromatic rings. The van der Waals surface area contributed by atoms with E-state index in [-0.39, 0.29) is 5.91 Å². The van der Waals surface area contributed by atoms with Crippen molar-refractivity contribution in [2.24, 2.45) is 5.73 Å². The Morgan fingerprint density at radius 1 is 1.38 bits per heavy atom. The van der Waals surface area contributed by atoms with Crippen LogP contribution in [0.2, 0.25) is 0 Å². The fourth-order valence-corrected chi connectivity index (χ4v) is 2.15. The van der Waals surface area contributed by atoms with E-state index in [0.29, 0.717) is 18.7 Å². The molecule has 0 unspecified atom stereocenters. The minimum atomic E-state index is -0.0698. The second kappa shape index (κ2) is 8.42. The number of nitrogens with two attached hydrogens (primary N) is 1. The number of carbonyl (C=O) groups is 1. The van der Waals surface area contributed by atoms with Crippen molar-refractivity contribution in [3.05, 3.63) is 35.4 Å². The molecule has 5 heteroatoms. The lowest BCUT2D eigenvalue weighted by Crippen LogP contribution is -2.41. The molecule has 0 radical (unpaired) electrons. The van der Waals surface area contributed by atoms with Crippen molar-refractivity contribution >= 4 is 5.91 Å². The first-order chi connectivity index (χ1) is 10.3. The summed E-state index contributed by atoms with van der Waals surface area (Å²) in [4.78, 5) is 14.4. The molecule has 3 N–H and O–H groups in total. The van der Waals surface area contributed by atoms with Crippen LogP contribution in [0, 0.1) is 11.8 Å². The van der Waals surface area contributed by atoms with Crippen LogP contribution in [0.1, 0.15) is 15.9 Å². The Bertz CT molecular complexity index is 528. The van der Waals surface area contributed by atoms with E-state index >= 15 is 0 Å². The molecule has 5 nitrogen and oxygen atoms in total. The van der Waals surface area contributed by atoms with Crippen molar-refractivity contribution in [2.75, 3.05) is 45.9 Å². The van der Waals surface area contributed by atoms with E-state index < -0.39 is 0 Å². The van der Waals surface area contributed by atoms with E-state index in [9.17, 15) is 4.79 Å². The van der Waals surface area contributed by atoms with E-state index in [4.69, 9.17) is 10.5 Å². The predicted octanol–water partition coefficient (Wildman–Crippen LogP) is 0.0588. The molecule has 1 fully saturated rings. The number of ether oxygens (including phenoxy) is 1. The number of carbonyl (C=O) groups excluding carboxylic acids is 1. The van der Waals surface area contributed by atoms with Crippen LogP contribution in [-0.4, -0.2) is 56.7 Å². The van der Waals surface area contributed by atoms with Crippen molar-refractivity contribution in [3.8, 4) is 11.8 Å². The number of hydrogen-bond acceptors (Lipinski definition) is 4. The molecule has 1 saturated heterocycles. The second-order valence-electron chi connectivity index (χ2n) is 4.80. The maximum Gasteiger partial charge on any atom is 0.251 e. The summed E-state index contributed by atoms with van der Waals surface area (Å²) in [6.07, 6.45) is 0. The molecule has 0 aliphatic carbocycles. The van der Waals surface area contributed by atoms with Crippen molar-refractivity contribution < 1.29 is 9.53 Å². The highest BCUT2D eigenvalue weighted by Crippen LogP contribution is 2.04. The lowest BCUT2D eigenvalue weighted by Gasteiger charge is -2.26. The third-order valence-corrected chi connectivity index (χ3v) is 3.28. The first-order valence-corrected chi connectivity index (χ1v) is 7.17. The molecular weight excluding hydrogens is 266 g/mol. The first-order valence-electron chi connectivity index (χ1n) is 7.17. The molecular formula is C16H21N3O2. The molecule has 2 rings (SSSR count). The minimum absolute atomic E-state index is 0.0698. The smallest absolute Gasteiger partial charge is 0.251 e. The van der Waals surface area contributed by atoms with Gasteiger partial charge in [-0.05, 0) is 18.2 Å². The van der Waals surface area contributed by atoms with E-state index in [2.05, 4.69) is 22.1 Å². The summed E-state index contributed by atoms with van der Waals surface area (Å²) < 4.78 is 5.29. The topological polar surface area (TPSA) is 67.6 Å². The predicted molar refractivity (Wildman–Crippen MR) is 82.0 cm³/mol. The van der Waals surface area contributed by atoms with Gasteiger partial charge in [-0.15, -0.1) is 0 Å². The van der Waals surface area contributed by atoms with E-state index in [1.807, 2.05) is 12.1 Å². The first kappa shape index (κ1) is 15.5. The fraction of sp³-hybridized carbons (Fsp3) is 0.438. The van der Waals surface area contributed by atoms with Crippen LogP contribution >= 0.6 is 0 Å². The normalized spacial score (nSPS) is 15.1. The van der Waals surface area contributed by atoms with Crippen molar-refractivity contribution in [1.82, 2.24) is 10.2 Å². The van der Waals surface area contributed by atoms with Crippen LogP contribution in [0.3, 0.4) is 0 Å². The zero-order valence-electron chi connectivity index (χ0n) is 12.1. The van der Waals surface area contributed by atoms with Crippen molar-refractivity contribution in [2.45, 2.75) is 0 Å². The molecule has 1 amide bonds. The van der Waals surface area contributed by atoms with E-state index in [1.54, 1.807) is 12.1 Å². The van der Waals surface area contributed by atoms with Crippen molar-refractivity contribution in [1.29, 1.82) is 0 Å². The highest BCUT2D eigenvalue weighted by atomic mass is 16.5. The number of rotatable bonds is 4. The second-order valence-corrected chi connectivity index (χ2v) is 4.80. The number of morpholine rings is 1. The summed E-state index contributed by atoms with van der Waals surface area (Å²) >= 11 is 0. The summed E-state index contributed by atoms with van der Waals surface area (Å²) in [7, 11) is 0. The molecule has 0 aromatic heterocycles. The van der Waals surface area contributed by atoms with Crippen LogP contribution in [0.5, 0.6) is 0 Å². The van der Waals surface area contributed by atoms with Crippen LogP contribution in [-0.2, 0) is 4.74 Å². The Morgan fingerprint density at radius 2 is 2.19 bits per heavy atom. The number of benzene rings is 1. The molecule has 21 heavy (non-hydrogen) atoms. The highest BCUT2D eigenvalue weighted by molar-refractivity contribution is 5.94. The third-order valence-electron chi connectivity index (χ3n) is 3.28. The Morgan fingerprint density at radius 3 is 2.95 bits per heavy atom. The quantitative estimate of drug-likeness (QED) is 0.769. The maximum absolute atomic E-state index is 12.1. The van der Waals surface area contributed by atoms with Gasteiger partial charge < -0.3 is 15.8 Å². The Hall–Kier alpha value is -1.87. The van der Waals surface area contributed by atoms with Gasteiger partial charge in [-0.2, -0.15) is 0 Å². The van der Waals surface area contributed by atoms with Gasteiger partial charge in [0.15, 0.2) is 0 Å². The van der Waals surface area contributed by atoms with Gasteiger partial charge in [-0.3, -0.25) is 9.69 Å². The van der Waals surface area contributed by atoms with Gasteiger partial charge >= 0.3 is 0 Å². The van der Waals surface area contributed by atoms with Gasteiger partial charge in [0.05, 0.1) is 19.8 Å². The summed E-state index contributed by atoms with van der Waals surface area (Å²) in [5, 5.41) is 2.94. The number of nitrogens with one attached hydrogen (secondary N) is 1. The molecule has 1 heterocycles. The summed E-state index contributed by atoms with van der Waals surface area (Å²) in [6, 6.07) is 7.27. The average Bonchev–Trinajstić information content (AvgIpc) is 2.54. The maximum atomic E-state index is 12.1. The number of amides is 1. The minimum Gasteiger partial charge on any atom is -0.379 e. The number of hydrogen-bond donors (Lipinski definition) is 2. The van der Waals surface area contributed by atoms with Gasteiger partial charge in [0.2, 0.25) is 0 Å². The lowest BCUT2D eigenvalue weighted by molar-refractivity contribution is 0.0383. The highest BCUT2D eigenvalue weighted by Gasteiger charge is 2.10. The molecule has 0 spiro atoms. The zero-order chi connectivity index (χ0) is 14.9. The Kier molecular flexibility index (Phi) is 6.22. The molecule has 112 valence electrons. The fourth-order valence-electron chi connectivity index (χ4n) is 2.15. The molecule has 1 aliphatic rings. The van der Waals surface area contributed by atoms with Gasteiger partial charge in [0, 0.05) is 37.3 Å².